The van der Waals surface area contributed by atoms with E-state index in [1.54, 1.807) is 26.0 Å². The molecule has 0 bridgehead atoms. The summed E-state index contributed by atoms with van der Waals surface area (Å²) >= 11 is 0. The second kappa shape index (κ2) is 24.7. The van der Waals surface area contributed by atoms with Gasteiger partial charge in [0, 0.05) is 68.9 Å². The molecule has 0 unspecified atom stereocenters. The van der Waals surface area contributed by atoms with E-state index < -0.39 is 25.1 Å². The summed E-state index contributed by atoms with van der Waals surface area (Å²) in [5.74, 6) is -1.91. The number of aldehydes is 1. The highest BCUT2D eigenvalue weighted by atomic mass is 19.4. The van der Waals surface area contributed by atoms with E-state index in [1.807, 2.05) is 13.8 Å². The second-order valence-corrected chi connectivity index (χ2v) is 11.5. The predicted molar refractivity (Wildman–Crippen MR) is 191 cm³/mol. The van der Waals surface area contributed by atoms with Gasteiger partial charge in [-0.3, -0.25) is 27.3 Å². The molecule has 6 nitrogen and oxygen atoms in total. The number of hydrogen-bond donors (Lipinski definition) is 2. The number of halogens is 9. The van der Waals surface area contributed by atoms with Gasteiger partial charge in [0.2, 0.25) is 0 Å². The summed E-state index contributed by atoms with van der Waals surface area (Å²) in [4.78, 5) is 33.3. The molecule has 2 fully saturated rings. The lowest BCUT2D eigenvalue weighted by molar-refractivity contribution is -0.140. The average molecular weight is 773 g/mol. The number of carbonyl (C=O) groups is 3. The Kier molecular flexibility index (Phi) is 21.7. The molecule has 3 aromatic rings. The lowest BCUT2D eigenvalue weighted by Gasteiger charge is -2.18. The van der Waals surface area contributed by atoms with Gasteiger partial charge in [-0.05, 0) is 105 Å². The number of hydrogen-bond acceptors (Lipinski definition) is 6. The highest BCUT2D eigenvalue weighted by Gasteiger charge is 2.34. The number of alkyl halides is 3. The molecule has 0 aromatic heterocycles. The molecule has 2 heterocycles. The summed E-state index contributed by atoms with van der Waals surface area (Å²) in [6, 6.07) is 11.3. The molecule has 0 atom stereocenters. The molecule has 294 valence electrons. The summed E-state index contributed by atoms with van der Waals surface area (Å²) in [6.07, 6.45) is 0.277. The fraction of sp³-hybridized carbons (Fsp3) is 0.342. The Labute approximate surface area is 309 Å². The maximum absolute atomic E-state index is 13.4. The lowest BCUT2D eigenvalue weighted by atomic mass is 9.95. The number of Topliss-reactive ketones (excluding diaryl/α,β-unsaturated/α-hetero) is 2. The van der Waals surface area contributed by atoms with Crippen molar-refractivity contribution >= 4 is 37.5 Å². The Hall–Kier alpha value is -4.54. The Morgan fingerprint density at radius 2 is 1.13 bits per heavy atom. The molecule has 2 N–H and O–H groups in total. The Morgan fingerprint density at radius 3 is 1.50 bits per heavy atom. The van der Waals surface area contributed by atoms with Gasteiger partial charge in [0.1, 0.15) is 29.5 Å². The van der Waals surface area contributed by atoms with Gasteiger partial charge in [0.15, 0.2) is 5.78 Å². The molecule has 0 spiro atoms. The number of benzene rings is 3. The van der Waals surface area contributed by atoms with Gasteiger partial charge < -0.3 is 15.4 Å². The minimum atomic E-state index is -4.82. The molecule has 0 aliphatic carbocycles. The maximum Gasteiger partial charge on any atom is 0.762 e. The van der Waals surface area contributed by atoms with Gasteiger partial charge in [-0.15, -0.1) is 0 Å². The van der Waals surface area contributed by atoms with Crippen LogP contribution in [0.4, 0.5) is 39.3 Å². The molecule has 0 radical (unpaired) electrons. The third kappa shape index (κ3) is 18.5. The summed E-state index contributed by atoms with van der Waals surface area (Å²) < 4.78 is 112. The SMILES string of the molecule is CCOCC.Cc1cc(/C=C2\CNC/C(=C\c3ccc(F)c(C(F)(F)F)c3)C2=O)ccc1F.Cc1cc(C=O)ccc1F.FB(F)F.O=C1CCNCC1. The van der Waals surface area contributed by atoms with E-state index in [0.29, 0.717) is 46.0 Å². The average Bonchev–Trinajstić information content (AvgIpc) is 3.11. The van der Waals surface area contributed by atoms with Crippen LogP contribution in [-0.2, 0) is 20.5 Å². The van der Waals surface area contributed by atoms with Crippen LogP contribution >= 0.6 is 0 Å². The first kappa shape index (κ1) is 47.5. The summed E-state index contributed by atoms with van der Waals surface area (Å²) in [6.45, 7) is 11.1. The topological polar surface area (TPSA) is 84.5 Å². The number of piperidine rings is 2. The van der Waals surface area contributed by atoms with E-state index in [1.165, 1.54) is 42.5 Å². The number of ketones is 2. The second-order valence-electron chi connectivity index (χ2n) is 11.5. The molecule has 5 rings (SSSR count). The van der Waals surface area contributed by atoms with Crippen LogP contribution < -0.4 is 10.6 Å². The van der Waals surface area contributed by atoms with Crippen LogP contribution in [0.1, 0.15) is 64.9 Å². The van der Waals surface area contributed by atoms with Crippen molar-refractivity contribution in [3.05, 3.63) is 117 Å². The molecule has 2 aliphatic rings. The van der Waals surface area contributed by atoms with Gasteiger partial charge in [0.05, 0.1) is 5.56 Å². The van der Waals surface area contributed by atoms with Crippen molar-refractivity contribution in [2.45, 2.75) is 46.7 Å². The van der Waals surface area contributed by atoms with Crippen LogP contribution in [0.5, 0.6) is 0 Å². The van der Waals surface area contributed by atoms with Crippen molar-refractivity contribution < 1.29 is 58.4 Å². The first-order valence-corrected chi connectivity index (χ1v) is 16.7. The minimum absolute atomic E-state index is 0.0813. The minimum Gasteiger partial charge on any atom is -0.382 e. The normalized spacial score (nSPS) is 15.4. The van der Waals surface area contributed by atoms with Crippen LogP contribution in [0.2, 0.25) is 0 Å². The van der Waals surface area contributed by atoms with Gasteiger partial charge >= 0.3 is 13.7 Å². The predicted octanol–water partition coefficient (Wildman–Crippen LogP) is 8.74. The summed E-state index contributed by atoms with van der Waals surface area (Å²) in [7, 11) is -3.67. The van der Waals surface area contributed by atoms with E-state index in [2.05, 4.69) is 10.6 Å². The molecule has 3 aromatic carbocycles. The van der Waals surface area contributed by atoms with E-state index in [4.69, 9.17) is 4.74 Å². The first-order chi connectivity index (χ1) is 25.4. The van der Waals surface area contributed by atoms with Crippen LogP contribution in [0, 0.1) is 31.3 Å². The van der Waals surface area contributed by atoms with Crippen molar-refractivity contribution in [2.75, 3.05) is 39.4 Å². The van der Waals surface area contributed by atoms with E-state index >= 15 is 0 Å². The first-order valence-electron chi connectivity index (χ1n) is 16.7. The Balaban J connectivity index is 0.000000451. The fourth-order valence-corrected chi connectivity index (χ4v) is 4.59. The number of rotatable bonds is 5. The summed E-state index contributed by atoms with van der Waals surface area (Å²) in [5.41, 5.74) is 1.47. The lowest BCUT2D eigenvalue weighted by Crippen LogP contribution is -2.32. The third-order valence-corrected chi connectivity index (χ3v) is 7.26. The molecule has 0 saturated carbocycles. The number of nitrogens with one attached hydrogen (secondary N) is 2. The number of ether oxygens (including phenoxy) is 1. The van der Waals surface area contributed by atoms with Crippen molar-refractivity contribution in [3.63, 3.8) is 0 Å². The van der Waals surface area contributed by atoms with E-state index in [0.717, 1.165) is 45.2 Å². The van der Waals surface area contributed by atoms with Gasteiger partial charge in [-0.1, -0.05) is 12.1 Å². The highest BCUT2D eigenvalue weighted by Crippen LogP contribution is 2.32. The molecular formula is C38H42BF9N2O4. The van der Waals surface area contributed by atoms with Crippen molar-refractivity contribution in [1.29, 1.82) is 0 Å². The zero-order chi connectivity index (χ0) is 40.8. The summed E-state index contributed by atoms with van der Waals surface area (Å²) in [5, 5.41) is 6.10. The van der Waals surface area contributed by atoms with E-state index in [-0.39, 0.29) is 41.6 Å². The molecule has 2 aliphatic heterocycles. The van der Waals surface area contributed by atoms with Crippen molar-refractivity contribution in [3.8, 4) is 0 Å². The Morgan fingerprint density at radius 1 is 0.704 bits per heavy atom. The highest BCUT2D eigenvalue weighted by molar-refractivity contribution is 6.33. The quantitative estimate of drug-likeness (QED) is 0.117. The van der Waals surface area contributed by atoms with Crippen LogP contribution in [0.25, 0.3) is 12.2 Å². The van der Waals surface area contributed by atoms with Crippen molar-refractivity contribution in [2.24, 2.45) is 0 Å². The largest absolute Gasteiger partial charge is 0.762 e. The number of aryl methyl sites for hydroxylation is 2. The van der Waals surface area contributed by atoms with Gasteiger partial charge in [-0.2, -0.15) is 13.2 Å². The van der Waals surface area contributed by atoms with Crippen LogP contribution in [-0.4, -0.2) is 64.8 Å². The van der Waals surface area contributed by atoms with Gasteiger partial charge in [-0.25, -0.2) is 13.2 Å². The zero-order valence-electron chi connectivity index (χ0n) is 30.2. The molecule has 2 saturated heterocycles. The van der Waals surface area contributed by atoms with Gasteiger partial charge in [0.25, 0.3) is 0 Å². The number of carbonyl (C=O) groups excluding carboxylic acids is 3. The molecule has 16 heteroatoms. The monoisotopic (exact) mass is 772 g/mol. The smallest absolute Gasteiger partial charge is 0.382 e. The van der Waals surface area contributed by atoms with Crippen LogP contribution in [0.3, 0.4) is 0 Å². The molecular weight excluding hydrogens is 730 g/mol. The van der Waals surface area contributed by atoms with E-state index in [9.17, 15) is 53.7 Å². The van der Waals surface area contributed by atoms with Crippen molar-refractivity contribution in [1.82, 2.24) is 10.6 Å². The Bertz CT molecular complexity index is 1720. The molecule has 0 amide bonds. The maximum atomic E-state index is 13.4. The molecule has 54 heavy (non-hydrogen) atoms. The zero-order valence-corrected chi connectivity index (χ0v) is 30.2. The standard InChI is InChI=1S/C21H16F5NO.C8H7FO.C5H9NO.C4H10O.BF3/c1-12-6-13(2-4-18(12)22)7-15-10-27-11-16(20(15)28)8-14-3-5-19(23)17(9-14)21(24,25)26;1-6-4-7(5-10)2-3-8(6)9;7-5-1-3-6-4-2-5;1-3-5-4-2;2-1(3)4/h2-9,27H,10-11H2,1H3;2-5H,1H3;6H,1-4H2;3-4H2,1-2H3;/b15-7+,16-8+;;;;. The van der Waals surface area contributed by atoms with Crippen LogP contribution in [0.15, 0.2) is 65.7 Å². The fourth-order valence-electron chi connectivity index (χ4n) is 4.59. The third-order valence-electron chi connectivity index (χ3n) is 7.26.